The van der Waals surface area contributed by atoms with Gasteiger partial charge in [-0.15, -0.1) is 0 Å². The highest BCUT2D eigenvalue weighted by Crippen LogP contribution is 2.29. The molecule has 5 nitrogen and oxygen atoms in total. The summed E-state index contributed by atoms with van der Waals surface area (Å²) in [5.41, 5.74) is 0. The zero-order valence-electron chi connectivity index (χ0n) is 12.5. The molecule has 1 aromatic heterocycles. The van der Waals surface area contributed by atoms with Crippen molar-refractivity contribution in [1.29, 1.82) is 0 Å². The molecule has 1 aromatic rings. The Morgan fingerprint density at radius 3 is 2.67 bits per heavy atom. The predicted octanol–water partition coefficient (Wildman–Crippen LogP) is 3.12. The average molecular weight is 332 g/mol. The minimum absolute atomic E-state index is 0.0895. The second kappa shape index (κ2) is 6.94. The topological polar surface area (TPSA) is 62.3 Å². The summed E-state index contributed by atoms with van der Waals surface area (Å²) < 4.78 is 26.7. The smallest absolute Gasteiger partial charge is 0.244 e. The van der Waals surface area contributed by atoms with Crippen LogP contribution in [-0.2, 0) is 10.0 Å². The van der Waals surface area contributed by atoms with Crippen LogP contribution in [0.15, 0.2) is 17.2 Å². The van der Waals surface area contributed by atoms with Gasteiger partial charge in [-0.25, -0.2) is 13.4 Å². The summed E-state index contributed by atoms with van der Waals surface area (Å²) >= 11 is 6.13. The monoisotopic (exact) mass is 331 g/mol. The molecule has 0 spiro atoms. The maximum Gasteiger partial charge on any atom is 0.244 e. The van der Waals surface area contributed by atoms with E-state index in [1.807, 2.05) is 6.92 Å². The minimum atomic E-state index is -3.52. The highest BCUT2D eigenvalue weighted by atomic mass is 35.5. The zero-order chi connectivity index (χ0) is 15.5. The van der Waals surface area contributed by atoms with Crippen molar-refractivity contribution in [2.75, 3.05) is 18.9 Å². The van der Waals surface area contributed by atoms with E-state index in [0.717, 1.165) is 38.6 Å². The summed E-state index contributed by atoms with van der Waals surface area (Å²) in [5.74, 6) is 0.529. The second-order valence-electron chi connectivity index (χ2n) is 5.39. The normalized spacial score (nSPS) is 16.6. The van der Waals surface area contributed by atoms with E-state index < -0.39 is 10.0 Å². The van der Waals surface area contributed by atoms with Gasteiger partial charge in [-0.3, -0.25) is 0 Å². The van der Waals surface area contributed by atoms with Gasteiger partial charge in [0.2, 0.25) is 10.0 Å². The van der Waals surface area contributed by atoms with E-state index in [1.54, 1.807) is 7.05 Å². The molecule has 0 amide bonds. The van der Waals surface area contributed by atoms with Crippen molar-refractivity contribution in [3.8, 4) is 0 Å². The third-order valence-electron chi connectivity index (χ3n) is 3.87. The van der Waals surface area contributed by atoms with Crippen molar-refractivity contribution in [2.24, 2.45) is 0 Å². The molecule has 2 rings (SSSR count). The maximum absolute atomic E-state index is 12.6. The van der Waals surface area contributed by atoms with Crippen molar-refractivity contribution in [3.63, 3.8) is 0 Å². The molecule has 1 heterocycles. The molecule has 0 aliphatic heterocycles. The third-order valence-corrected chi connectivity index (χ3v) is 6.04. The number of halogens is 1. The Labute approximate surface area is 131 Å². The molecule has 1 aliphatic rings. The molecular formula is C14H22ClN3O2S. The van der Waals surface area contributed by atoms with Gasteiger partial charge in [0.25, 0.3) is 0 Å². The van der Waals surface area contributed by atoms with Gasteiger partial charge >= 0.3 is 0 Å². The highest BCUT2D eigenvalue weighted by Gasteiger charge is 2.30. The fraction of sp³-hybridized carbons (Fsp3) is 0.643. The molecule has 1 fully saturated rings. The van der Waals surface area contributed by atoms with Crippen molar-refractivity contribution >= 4 is 27.4 Å². The largest absolute Gasteiger partial charge is 0.369 e. The van der Waals surface area contributed by atoms with Crippen molar-refractivity contribution in [2.45, 2.75) is 50.0 Å². The molecule has 0 bridgehead atoms. The lowest BCUT2D eigenvalue weighted by atomic mass is 10.3. The van der Waals surface area contributed by atoms with E-state index in [9.17, 15) is 8.42 Å². The molecule has 1 aliphatic carbocycles. The number of hydrogen-bond donors (Lipinski definition) is 1. The fourth-order valence-electron chi connectivity index (χ4n) is 2.57. The van der Waals surface area contributed by atoms with Gasteiger partial charge < -0.3 is 5.32 Å². The Bertz CT molecular complexity index is 586. The van der Waals surface area contributed by atoms with E-state index in [4.69, 9.17) is 11.6 Å². The lowest BCUT2D eigenvalue weighted by molar-refractivity contribution is 0.373. The van der Waals surface area contributed by atoms with Crippen LogP contribution in [0.25, 0.3) is 0 Å². The van der Waals surface area contributed by atoms with Crippen molar-refractivity contribution < 1.29 is 8.42 Å². The molecule has 7 heteroatoms. The molecule has 0 unspecified atom stereocenters. The molecule has 0 atom stereocenters. The maximum atomic E-state index is 12.6. The number of rotatable bonds is 6. The predicted molar refractivity (Wildman–Crippen MR) is 85.2 cm³/mol. The SMILES string of the molecule is CCCNc1ncc(S(=O)(=O)N(C)C2CCCC2)cc1Cl. The van der Waals surface area contributed by atoms with Crippen molar-refractivity contribution in [3.05, 3.63) is 17.3 Å². The van der Waals surface area contributed by atoms with Gasteiger partial charge in [-0.05, 0) is 25.3 Å². The van der Waals surface area contributed by atoms with Gasteiger partial charge in [0.1, 0.15) is 10.7 Å². The Morgan fingerprint density at radius 2 is 2.10 bits per heavy atom. The Morgan fingerprint density at radius 1 is 1.43 bits per heavy atom. The van der Waals surface area contributed by atoms with Crippen LogP contribution in [-0.4, -0.2) is 37.3 Å². The standard InChI is InChI=1S/C14H22ClN3O2S/c1-3-8-16-14-13(15)9-12(10-17-14)21(19,20)18(2)11-6-4-5-7-11/h9-11H,3-8H2,1-2H3,(H,16,17). The molecule has 1 saturated carbocycles. The van der Waals surface area contributed by atoms with Crippen LogP contribution in [0, 0.1) is 0 Å². The summed E-state index contributed by atoms with van der Waals surface area (Å²) in [7, 11) is -1.88. The lowest BCUT2D eigenvalue weighted by Crippen LogP contribution is -2.35. The number of pyridine rings is 1. The van der Waals surface area contributed by atoms with Gasteiger partial charge in [0, 0.05) is 25.8 Å². The Hall–Kier alpha value is -0.850. The van der Waals surface area contributed by atoms with Gasteiger partial charge in [0.05, 0.1) is 5.02 Å². The molecule has 1 N–H and O–H groups in total. The number of anilines is 1. The summed E-state index contributed by atoms with van der Waals surface area (Å²) in [6.45, 7) is 2.79. The first-order valence-corrected chi connectivity index (χ1v) is 9.16. The number of nitrogens with one attached hydrogen (secondary N) is 1. The first-order valence-electron chi connectivity index (χ1n) is 7.34. The first kappa shape index (κ1) is 16.5. The molecule has 0 aromatic carbocycles. The minimum Gasteiger partial charge on any atom is -0.369 e. The van der Waals surface area contributed by atoms with Gasteiger partial charge in [0.15, 0.2) is 0 Å². The Balaban J connectivity index is 2.21. The number of hydrogen-bond acceptors (Lipinski definition) is 4. The average Bonchev–Trinajstić information content (AvgIpc) is 2.99. The van der Waals surface area contributed by atoms with E-state index in [1.165, 1.54) is 16.6 Å². The number of nitrogens with zero attached hydrogens (tertiary/aromatic N) is 2. The van der Waals surface area contributed by atoms with E-state index in [-0.39, 0.29) is 10.9 Å². The summed E-state index contributed by atoms with van der Waals surface area (Å²) in [5, 5.41) is 3.41. The van der Waals surface area contributed by atoms with E-state index in [0.29, 0.717) is 10.8 Å². The van der Waals surface area contributed by atoms with Crippen LogP contribution < -0.4 is 5.32 Å². The highest BCUT2D eigenvalue weighted by molar-refractivity contribution is 7.89. The number of sulfonamides is 1. The molecule has 0 radical (unpaired) electrons. The molecular weight excluding hydrogens is 310 g/mol. The van der Waals surface area contributed by atoms with Crippen LogP contribution >= 0.6 is 11.6 Å². The van der Waals surface area contributed by atoms with Crippen LogP contribution in [0.3, 0.4) is 0 Å². The lowest BCUT2D eigenvalue weighted by Gasteiger charge is -2.23. The van der Waals surface area contributed by atoms with Gasteiger partial charge in [-0.2, -0.15) is 4.31 Å². The fourth-order valence-corrected chi connectivity index (χ4v) is 4.25. The van der Waals surface area contributed by atoms with E-state index in [2.05, 4.69) is 10.3 Å². The second-order valence-corrected chi connectivity index (χ2v) is 7.79. The third kappa shape index (κ3) is 3.67. The van der Waals surface area contributed by atoms with Crippen LogP contribution in [0.1, 0.15) is 39.0 Å². The van der Waals surface area contributed by atoms with Gasteiger partial charge in [-0.1, -0.05) is 31.4 Å². The van der Waals surface area contributed by atoms with Crippen LogP contribution in [0.5, 0.6) is 0 Å². The van der Waals surface area contributed by atoms with Crippen LogP contribution in [0.2, 0.25) is 5.02 Å². The quantitative estimate of drug-likeness (QED) is 0.870. The van der Waals surface area contributed by atoms with Crippen LogP contribution in [0.4, 0.5) is 5.82 Å². The summed E-state index contributed by atoms with van der Waals surface area (Å²) in [6.07, 6.45) is 6.35. The summed E-state index contributed by atoms with van der Waals surface area (Å²) in [6, 6.07) is 1.57. The molecule has 21 heavy (non-hydrogen) atoms. The van der Waals surface area contributed by atoms with Crippen molar-refractivity contribution in [1.82, 2.24) is 9.29 Å². The van der Waals surface area contributed by atoms with E-state index >= 15 is 0 Å². The molecule has 0 saturated heterocycles. The molecule has 118 valence electrons. The first-order chi connectivity index (χ1) is 9.96. The summed E-state index contributed by atoms with van der Waals surface area (Å²) in [4.78, 5) is 4.30. The zero-order valence-corrected chi connectivity index (χ0v) is 14.0. The number of aromatic nitrogens is 1. The Kier molecular flexibility index (Phi) is 5.46.